The van der Waals surface area contributed by atoms with Crippen LogP contribution in [0.1, 0.15) is 27.2 Å². The molecule has 0 atom stereocenters. The summed E-state index contributed by atoms with van der Waals surface area (Å²) in [5.74, 6) is 0.807. The predicted octanol–water partition coefficient (Wildman–Crippen LogP) is 5.45. The van der Waals surface area contributed by atoms with E-state index in [0.29, 0.717) is 16.5 Å². The van der Waals surface area contributed by atoms with E-state index in [4.69, 9.17) is 4.42 Å². The van der Waals surface area contributed by atoms with E-state index in [1.54, 1.807) is 11.8 Å². The third-order valence-corrected chi connectivity index (χ3v) is 6.20. The molecule has 27 heavy (non-hydrogen) atoms. The van der Waals surface area contributed by atoms with Gasteiger partial charge in [0.05, 0.1) is 0 Å². The van der Waals surface area contributed by atoms with Crippen LogP contribution in [0.4, 0.5) is 5.13 Å². The average Bonchev–Trinajstić information content (AvgIpc) is 3.26. The molecule has 2 aromatic carbocycles. The summed E-state index contributed by atoms with van der Waals surface area (Å²) in [5, 5.41) is 12.4. The zero-order valence-electron chi connectivity index (χ0n) is 14.9. The molecule has 4 rings (SSSR count). The Labute approximate surface area is 164 Å². The molecule has 5 nitrogen and oxygen atoms in total. The van der Waals surface area contributed by atoms with E-state index < -0.39 is 0 Å². The highest BCUT2D eigenvalue weighted by molar-refractivity contribution is 8.00. The lowest BCUT2D eigenvalue weighted by molar-refractivity contribution is 0.0998. The molecular formula is C20H17N3O2S2. The fourth-order valence-corrected chi connectivity index (χ4v) is 4.40. The SMILES string of the molecule is Cc1ccc(CSc2nnc(NC(=O)c3oc4ccccc4c3C)s2)cc1. The van der Waals surface area contributed by atoms with Gasteiger partial charge in [-0.15, -0.1) is 10.2 Å². The molecule has 0 radical (unpaired) electrons. The third kappa shape index (κ3) is 3.89. The summed E-state index contributed by atoms with van der Waals surface area (Å²) in [4.78, 5) is 12.6. The number of amides is 1. The maximum Gasteiger partial charge on any atom is 0.293 e. The highest BCUT2D eigenvalue weighted by Crippen LogP contribution is 2.30. The predicted molar refractivity (Wildman–Crippen MR) is 110 cm³/mol. The van der Waals surface area contributed by atoms with Crippen LogP contribution < -0.4 is 5.32 Å². The number of carbonyl (C=O) groups excluding carboxylic acids is 1. The number of fused-ring (bicyclic) bond motifs is 1. The second kappa shape index (κ2) is 7.54. The zero-order chi connectivity index (χ0) is 18.8. The van der Waals surface area contributed by atoms with Gasteiger partial charge in [0.2, 0.25) is 5.13 Å². The number of aromatic nitrogens is 2. The van der Waals surface area contributed by atoms with Crippen LogP contribution in [0, 0.1) is 13.8 Å². The Morgan fingerprint density at radius 2 is 1.89 bits per heavy atom. The standard InChI is InChI=1S/C20H17N3O2S2/c1-12-7-9-14(10-8-12)11-26-20-23-22-19(27-20)21-18(24)17-13(2)15-5-3-4-6-16(15)25-17/h3-10H,11H2,1-2H3,(H,21,22,24). The lowest BCUT2D eigenvalue weighted by atomic mass is 10.1. The van der Waals surface area contributed by atoms with Gasteiger partial charge in [0.15, 0.2) is 10.1 Å². The van der Waals surface area contributed by atoms with Crippen LogP contribution in [0.15, 0.2) is 57.3 Å². The van der Waals surface area contributed by atoms with Gasteiger partial charge in [-0.2, -0.15) is 0 Å². The first-order valence-corrected chi connectivity index (χ1v) is 10.2. The number of anilines is 1. The number of para-hydroxylation sites is 1. The van der Waals surface area contributed by atoms with Gasteiger partial charge in [0, 0.05) is 16.7 Å². The second-order valence-corrected chi connectivity index (χ2v) is 8.35. The van der Waals surface area contributed by atoms with Crippen LogP contribution in [0.5, 0.6) is 0 Å². The molecule has 0 aliphatic rings. The van der Waals surface area contributed by atoms with Crippen molar-refractivity contribution >= 4 is 45.1 Å². The van der Waals surface area contributed by atoms with Gasteiger partial charge in [-0.05, 0) is 25.5 Å². The van der Waals surface area contributed by atoms with E-state index in [2.05, 4.69) is 46.7 Å². The quantitative estimate of drug-likeness (QED) is 0.360. The minimum absolute atomic E-state index is 0.306. The summed E-state index contributed by atoms with van der Waals surface area (Å²) < 4.78 is 6.51. The molecule has 1 N–H and O–H groups in total. The molecule has 0 saturated carbocycles. The maximum atomic E-state index is 12.6. The van der Waals surface area contributed by atoms with Crippen LogP contribution in [-0.2, 0) is 5.75 Å². The van der Waals surface area contributed by atoms with E-state index >= 15 is 0 Å². The van der Waals surface area contributed by atoms with Crippen molar-refractivity contribution < 1.29 is 9.21 Å². The minimum Gasteiger partial charge on any atom is -0.451 e. The fraction of sp³-hybridized carbons (Fsp3) is 0.150. The number of hydrogen-bond acceptors (Lipinski definition) is 6. The Hall–Kier alpha value is -2.64. The van der Waals surface area contributed by atoms with E-state index in [-0.39, 0.29) is 5.91 Å². The van der Waals surface area contributed by atoms with Crippen molar-refractivity contribution in [3.05, 3.63) is 71.0 Å². The largest absolute Gasteiger partial charge is 0.451 e. The van der Waals surface area contributed by atoms with E-state index in [0.717, 1.165) is 21.0 Å². The van der Waals surface area contributed by atoms with E-state index in [1.807, 2.05) is 31.2 Å². The summed E-state index contributed by atoms with van der Waals surface area (Å²) >= 11 is 2.96. The number of nitrogens with zero attached hydrogens (tertiary/aromatic N) is 2. The molecule has 2 heterocycles. The highest BCUT2D eigenvalue weighted by Gasteiger charge is 2.19. The lowest BCUT2D eigenvalue weighted by Gasteiger charge is -1.99. The summed E-state index contributed by atoms with van der Waals surface area (Å²) in [5.41, 5.74) is 3.99. The minimum atomic E-state index is -0.310. The summed E-state index contributed by atoms with van der Waals surface area (Å²) in [6, 6.07) is 16.0. The number of aryl methyl sites for hydroxylation is 2. The van der Waals surface area contributed by atoms with Crippen molar-refractivity contribution in [3.8, 4) is 0 Å². The van der Waals surface area contributed by atoms with E-state index in [1.165, 1.54) is 22.5 Å². The average molecular weight is 396 g/mol. The van der Waals surface area contributed by atoms with Crippen molar-refractivity contribution in [1.29, 1.82) is 0 Å². The van der Waals surface area contributed by atoms with Crippen molar-refractivity contribution in [2.24, 2.45) is 0 Å². The molecule has 136 valence electrons. The van der Waals surface area contributed by atoms with Gasteiger partial charge in [0.1, 0.15) is 5.58 Å². The monoisotopic (exact) mass is 395 g/mol. The summed E-state index contributed by atoms with van der Waals surface area (Å²) in [6.45, 7) is 3.95. The Bertz CT molecular complexity index is 1100. The Balaban J connectivity index is 1.43. The molecule has 4 aromatic rings. The van der Waals surface area contributed by atoms with Crippen molar-refractivity contribution in [2.45, 2.75) is 23.9 Å². The summed E-state index contributed by atoms with van der Waals surface area (Å²) in [7, 11) is 0. The van der Waals surface area contributed by atoms with Crippen LogP contribution >= 0.6 is 23.1 Å². The maximum absolute atomic E-state index is 12.6. The van der Waals surface area contributed by atoms with Crippen molar-refractivity contribution in [2.75, 3.05) is 5.32 Å². The molecule has 0 spiro atoms. The van der Waals surface area contributed by atoms with Gasteiger partial charge in [-0.1, -0.05) is 71.1 Å². The molecule has 1 amide bonds. The number of carbonyl (C=O) groups is 1. The number of benzene rings is 2. The van der Waals surface area contributed by atoms with Crippen LogP contribution in [0.2, 0.25) is 0 Å². The molecule has 0 aliphatic carbocycles. The number of nitrogens with one attached hydrogen (secondary N) is 1. The van der Waals surface area contributed by atoms with Crippen LogP contribution in [0.3, 0.4) is 0 Å². The van der Waals surface area contributed by atoms with Gasteiger partial charge in [-0.25, -0.2) is 0 Å². The van der Waals surface area contributed by atoms with Gasteiger partial charge in [-0.3, -0.25) is 10.1 Å². The Kier molecular flexibility index (Phi) is 4.96. The van der Waals surface area contributed by atoms with Gasteiger partial charge < -0.3 is 4.42 Å². The number of furan rings is 1. The second-order valence-electron chi connectivity index (χ2n) is 6.15. The fourth-order valence-electron chi connectivity index (χ4n) is 2.69. The summed E-state index contributed by atoms with van der Waals surface area (Å²) in [6.07, 6.45) is 0. The first-order chi connectivity index (χ1) is 13.1. The molecule has 0 saturated heterocycles. The van der Waals surface area contributed by atoms with Crippen molar-refractivity contribution in [1.82, 2.24) is 10.2 Å². The zero-order valence-corrected chi connectivity index (χ0v) is 16.5. The molecule has 0 unspecified atom stereocenters. The molecule has 7 heteroatoms. The molecular weight excluding hydrogens is 378 g/mol. The lowest BCUT2D eigenvalue weighted by Crippen LogP contribution is -2.11. The van der Waals surface area contributed by atoms with Gasteiger partial charge >= 0.3 is 0 Å². The third-order valence-electron chi connectivity index (χ3n) is 4.16. The number of hydrogen-bond donors (Lipinski definition) is 1. The first kappa shape index (κ1) is 17.8. The normalized spacial score (nSPS) is 11.0. The number of rotatable bonds is 5. The molecule has 0 fully saturated rings. The van der Waals surface area contributed by atoms with Crippen LogP contribution in [0.25, 0.3) is 11.0 Å². The van der Waals surface area contributed by atoms with Gasteiger partial charge in [0.25, 0.3) is 5.91 Å². The molecule has 2 aromatic heterocycles. The smallest absolute Gasteiger partial charge is 0.293 e. The van der Waals surface area contributed by atoms with Crippen molar-refractivity contribution in [3.63, 3.8) is 0 Å². The molecule has 0 bridgehead atoms. The Morgan fingerprint density at radius 1 is 1.11 bits per heavy atom. The highest BCUT2D eigenvalue weighted by atomic mass is 32.2. The van der Waals surface area contributed by atoms with E-state index in [9.17, 15) is 4.79 Å². The Morgan fingerprint density at radius 3 is 2.67 bits per heavy atom. The first-order valence-electron chi connectivity index (χ1n) is 8.41. The topological polar surface area (TPSA) is 68.0 Å². The number of thioether (sulfide) groups is 1. The van der Waals surface area contributed by atoms with Crippen LogP contribution in [-0.4, -0.2) is 16.1 Å². The molecule has 0 aliphatic heterocycles.